The van der Waals surface area contributed by atoms with Gasteiger partial charge in [0.15, 0.2) is 0 Å². The van der Waals surface area contributed by atoms with E-state index in [1.165, 1.54) is 12.1 Å². The fourth-order valence-electron chi connectivity index (χ4n) is 1.49. The fourth-order valence-corrected chi connectivity index (χ4v) is 1.73. The van der Waals surface area contributed by atoms with Gasteiger partial charge in [-0.1, -0.05) is 0 Å². The average Bonchev–Trinajstić information content (AvgIpc) is 2.39. The second-order valence-electron chi connectivity index (χ2n) is 3.71. The second kappa shape index (κ2) is 5.93. The Morgan fingerprint density at radius 2 is 2.11 bits per heavy atom. The van der Waals surface area contributed by atoms with Gasteiger partial charge < -0.3 is 10.5 Å². The zero-order chi connectivity index (χ0) is 13.0. The Hall–Kier alpha value is -1.46. The van der Waals surface area contributed by atoms with Gasteiger partial charge in [0, 0.05) is 22.8 Å². The minimum Gasteiger partial charge on any atom is -0.487 e. The van der Waals surface area contributed by atoms with Crippen LogP contribution in [0, 0.1) is 5.82 Å². The van der Waals surface area contributed by atoms with Crippen molar-refractivity contribution >= 4 is 15.9 Å². The van der Waals surface area contributed by atoms with E-state index in [4.69, 9.17) is 10.5 Å². The molecule has 0 bridgehead atoms. The quantitative estimate of drug-likeness (QED) is 0.944. The van der Waals surface area contributed by atoms with E-state index in [1.54, 1.807) is 12.3 Å². The van der Waals surface area contributed by atoms with E-state index in [-0.39, 0.29) is 12.4 Å². The van der Waals surface area contributed by atoms with E-state index >= 15 is 0 Å². The number of hydrogen-bond acceptors (Lipinski definition) is 3. The van der Waals surface area contributed by atoms with Gasteiger partial charge in [-0.2, -0.15) is 0 Å². The van der Waals surface area contributed by atoms with Gasteiger partial charge in [-0.25, -0.2) is 4.39 Å². The maximum atomic E-state index is 13.0. The zero-order valence-electron chi connectivity index (χ0n) is 9.57. The van der Waals surface area contributed by atoms with Crippen LogP contribution in [0.5, 0.6) is 5.75 Å². The Morgan fingerprint density at radius 1 is 1.28 bits per heavy atom. The Labute approximate surface area is 113 Å². The molecule has 2 N–H and O–H groups in total. The standard InChI is InChI=1S/C13H12BrFN2O/c14-10-1-3-12(17-7-10)8-18-13-4-2-11(15)5-9(13)6-16/h1-5,7H,6,8,16H2. The minimum atomic E-state index is -0.315. The molecule has 1 aromatic heterocycles. The van der Waals surface area contributed by atoms with E-state index < -0.39 is 0 Å². The van der Waals surface area contributed by atoms with Gasteiger partial charge in [0.05, 0.1) is 5.69 Å². The highest BCUT2D eigenvalue weighted by molar-refractivity contribution is 9.10. The van der Waals surface area contributed by atoms with E-state index in [1.807, 2.05) is 12.1 Å². The molecule has 5 heteroatoms. The largest absolute Gasteiger partial charge is 0.487 e. The van der Waals surface area contributed by atoms with Crippen LogP contribution >= 0.6 is 15.9 Å². The number of nitrogens with zero attached hydrogens (tertiary/aromatic N) is 1. The van der Waals surface area contributed by atoms with Gasteiger partial charge in [-0.05, 0) is 46.3 Å². The number of rotatable bonds is 4. The Bertz CT molecular complexity index is 531. The molecule has 18 heavy (non-hydrogen) atoms. The van der Waals surface area contributed by atoms with Gasteiger partial charge in [0.1, 0.15) is 18.2 Å². The molecule has 0 aliphatic heterocycles. The summed E-state index contributed by atoms with van der Waals surface area (Å²) in [4.78, 5) is 4.19. The maximum Gasteiger partial charge on any atom is 0.130 e. The van der Waals surface area contributed by atoms with Crippen molar-refractivity contribution in [3.05, 3.63) is 58.1 Å². The van der Waals surface area contributed by atoms with E-state index in [0.29, 0.717) is 17.9 Å². The number of hydrogen-bond donors (Lipinski definition) is 1. The van der Waals surface area contributed by atoms with Gasteiger partial charge in [-0.15, -0.1) is 0 Å². The highest BCUT2D eigenvalue weighted by Gasteiger charge is 2.04. The maximum absolute atomic E-state index is 13.0. The highest BCUT2D eigenvalue weighted by Crippen LogP contribution is 2.20. The third kappa shape index (κ3) is 3.27. The summed E-state index contributed by atoms with van der Waals surface area (Å²) in [5.41, 5.74) is 6.98. The summed E-state index contributed by atoms with van der Waals surface area (Å²) in [5, 5.41) is 0. The number of pyridine rings is 1. The molecule has 1 aromatic carbocycles. The molecule has 2 rings (SSSR count). The molecule has 94 valence electrons. The minimum absolute atomic E-state index is 0.237. The summed E-state index contributed by atoms with van der Waals surface area (Å²) >= 11 is 3.31. The third-order valence-corrected chi connectivity index (χ3v) is 2.88. The van der Waals surface area contributed by atoms with E-state index in [0.717, 1.165) is 10.2 Å². The number of halogens is 2. The number of aromatic nitrogens is 1. The van der Waals surface area contributed by atoms with E-state index in [9.17, 15) is 4.39 Å². The van der Waals surface area contributed by atoms with Crippen LogP contribution in [-0.2, 0) is 13.2 Å². The number of nitrogens with two attached hydrogens (primary N) is 1. The topological polar surface area (TPSA) is 48.1 Å². The summed E-state index contributed by atoms with van der Waals surface area (Å²) in [5.74, 6) is 0.271. The highest BCUT2D eigenvalue weighted by atomic mass is 79.9. The molecule has 0 saturated heterocycles. The van der Waals surface area contributed by atoms with Crippen molar-refractivity contribution in [2.45, 2.75) is 13.2 Å². The summed E-state index contributed by atoms with van der Waals surface area (Å²) < 4.78 is 19.5. The first-order valence-electron chi connectivity index (χ1n) is 5.41. The van der Waals surface area contributed by atoms with Crippen LogP contribution in [0.1, 0.15) is 11.3 Å². The van der Waals surface area contributed by atoms with Crippen molar-refractivity contribution in [1.29, 1.82) is 0 Å². The molecule has 2 aromatic rings. The Balaban J connectivity index is 2.08. The molecule has 1 heterocycles. The van der Waals surface area contributed by atoms with Gasteiger partial charge in [-0.3, -0.25) is 4.98 Å². The van der Waals surface area contributed by atoms with Crippen LogP contribution in [0.25, 0.3) is 0 Å². The normalized spacial score (nSPS) is 10.4. The lowest BCUT2D eigenvalue weighted by Crippen LogP contribution is -2.04. The van der Waals surface area contributed by atoms with Crippen LogP contribution in [0.15, 0.2) is 41.0 Å². The van der Waals surface area contributed by atoms with Gasteiger partial charge >= 0.3 is 0 Å². The van der Waals surface area contributed by atoms with Crippen molar-refractivity contribution in [3.8, 4) is 5.75 Å². The molecule has 0 spiro atoms. The van der Waals surface area contributed by atoms with Gasteiger partial charge in [0.2, 0.25) is 0 Å². The van der Waals surface area contributed by atoms with Crippen LogP contribution < -0.4 is 10.5 Å². The van der Waals surface area contributed by atoms with Gasteiger partial charge in [0.25, 0.3) is 0 Å². The zero-order valence-corrected chi connectivity index (χ0v) is 11.2. The van der Waals surface area contributed by atoms with Crippen molar-refractivity contribution in [3.63, 3.8) is 0 Å². The molecule has 0 aliphatic carbocycles. The molecule has 0 amide bonds. The summed E-state index contributed by atoms with van der Waals surface area (Å²) in [6, 6.07) is 8.06. The lowest BCUT2D eigenvalue weighted by Gasteiger charge is -2.10. The molecular weight excluding hydrogens is 299 g/mol. The molecule has 0 fully saturated rings. The van der Waals surface area contributed by atoms with Crippen molar-refractivity contribution < 1.29 is 9.13 Å². The first kappa shape index (κ1) is 13.0. The smallest absolute Gasteiger partial charge is 0.130 e. The SMILES string of the molecule is NCc1cc(F)ccc1OCc1ccc(Br)cn1. The van der Waals surface area contributed by atoms with Crippen molar-refractivity contribution in [2.75, 3.05) is 0 Å². The lowest BCUT2D eigenvalue weighted by molar-refractivity contribution is 0.297. The predicted octanol–water partition coefficient (Wildman–Crippen LogP) is 3.02. The molecule has 0 atom stereocenters. The molecular formula is C13H12BrFN2O. The second-order valence-corrected chi connectivity index (χ2v) is 4.63. The third-order valence-electron chi connectivity index (χ3n) is 2.41. The average molecular weight is 311 g/mol. The lowest BCUT2D eigenvalue weighted by atomic mass is 10.2. The molecule has 0 aliphatic rings. The first-order valence-corrected chi connectivity index (χ1v) is 6.20. The predicted molar refractivity (Wildman–Crippen MR) is 70.6 cm³/mol. The first-order chi connectivity index (χ1) is 8.69. The molecule has 3 nitrogen and oxygen atoms in total. The van der Waals surface area contributed by atoms with Crippen molar-refractivity contribution in [2.24, 2.45) is 5.73 Å². The Morgan fingerprint density at radius 3 is 2.78 bits per heavy atom. The number of benzene rings is 1. The summed E-state index contributed by atoms with van der Waals surface area (Å²) in [7, 11) is 0. The summed E-state index contributed by atoms with van der Waals surface area (Å²) in [6.45, 7) is 0.562. The summed E-state index contributed by atoms with van der Waals surface area (Å²) in [6.07, 6.45) is 1.70. The Kier molecular flexibility index (Phi) is 4.28. The number of ether oxygens (including phenoxy) is 1. The van der Waals surface area contributed by atoms with Crippen LogP contribution in [0.3, 0.4) is 0 Å². The van der Waals surface area contributed by atoms with Crippen LogP contribution in [-0.4, -0.2) is 4.98 Å². The van der Waals surface area contributed by atoms with Crippen LogP contribution in [0.2, 0.25) is 0 Å². The van der Waals surface area contributed by atoms with E-state index in [2.05, 4.69) is 20.9 Å². The van der Waals surface area contributed by atoms with Crippen LogP contribution in [0.4, 0.5) is 4.39 Å². The fraction of sp³-hybridized carbons (Fsp3) is 0.154. The molecule has 0 saturated carbocycles. The molecule has 0 unspecified atom stereocenters. The van der Waals surface area contributed by atoms with Crippen molar-refractivity contribution in [1.82, 2.24) is 4.98 Å². The monoisotopic (exact) mass is 310 g/mol. The molecule has 0 radical (unpaired) electrons.